The zero-order valence-corrected chi connectivity index (χ0v) is 15.5. The average Bonchev–Trinajstić information content (AvgIpc) is 3.24. The molecule has 0 radical (unpaired) electrons. The monoisotopic (exact) mass is 348 g/mol. The first kappa shape index (κ1) is 16.9. The van der Waals surface area contributed by atoms with Gasteiger partial charge in [0.15, 0.2) is 0 Å². The van der Waals surface area contributed by atoms with Gasteiger partial charge < -0.3 is 10.2 Å². The number of carbonyl (C=O) groups is 1. The molecule has 2 aromatic heterocycles. The van der Waals surface area contributed by atoms with Gasteiger partial charge in [0.2, 0.25) is 0 Å². The van der Waals surface area contributed by atoms with Gasteiger partial charge in [-0.1, -0.05) is 0 Å². The second-order valence-corrected chi connectivity index (χ2v) is 7.59. The van der Waals surface area contributed by atoms with E-state index in [1.807, 2.05) is 30.5 Å². The van der Waals surface area contributed by atoms with Crippen LogP contribution in [0.15, 0.2) is 0 Å². The molecule has 24 heavy (non-hydrogen) atoms. The summed E-state index contributed by atoms with van der Waals surface area (Å²) < 4.78 is 1.88. The van der Waals surface area contributed by atoms with Gasteiger partial charge in [0.05, 0.1) is 12.2 Å². The highest BCUT2D eigenvalue weighted by Gasteiger charge is 2.33. The lowest BCUT2D eigenvalue weighted by Crippen LogP contribution is -2.41. The Morgan fingerprint density at radius 3 is 2.62 bits per heavy atom. The number of aryl methyl sites for hydroxylation is 3. The molecule has 130 valence electrons. The Morgan fingerprint density at radius 2 is 2.08 bits per heavy atom. The molecule has 2 aromatic rings. The van der Waals surface area contributed by atoms with Gasteiger partial charge in [-0.05, 0) is 33.6 Å². The van der Waals surface area contributed by atoms with E-state index in [2.05, 4.69) is 27.5 Å². The van der Waals surface area contributed by atoms with E-state index in [4.69, 9.17) is 0 Å². The molecule has 0 unspecified atom stereocenters. The van der Waals surface area contributed by atoms with Crippen molar-refractivity contribution in [1.29, 1.82) is 0 Å². The zero-order chi connectivity index (χ0) is 17.3. The van der Waals surface area contributed by atoms with E-state index in [1.165, 1.54) is 0 Å². The Hall–Kier alpha value is -1.96. The molecule has 1 aliphatic rings. The first-order valence-electron chi connectivity index (χ1n) is 8.28. The molecule has 0 bridgehead atoms. The lowest BCUT2D eigenvalue weighted by atomic mass is 10.2. The summed E-state index contributed by atoms with van der Waals surface area (Å²) in [5.74, 6) is 0. The minimum absolute atomic E-state index is 0.00129. The number of aromatic nitrogens is 4. The number of carbonyl (C=O) groups excluding carboxylic acids is 1. The van der Waals surface area contributed by atoms with Crippen LogP contribution in [0.3, 0.4) is 0 Å². The average molecular weight is 348 g/mol. The molecule has 8 heteroatoms. The molecule has 7 nitrogen and oxygen atoms in total. The zero-order valence-electron chi connectivity index (χ0n) is 14.7. The summed E-state index contributed by atoms with van der Waals surface area (Å²) in [6.45, 7) is 7.20. The lowest BCUT2D eigenvalue weighted by molar-refractivity contribution is 0.192. The fourth-order valence-electron chi connectivity index (χ4n) is 2.79. The predicted molar refractivity (Wildman–Crippen MR) is 93.0 cm³/mol. The number of urea groups is 1. The molecular formula is C16H24N6OS. The number of nitrogens with zero attached hydrogens (tertiary/aromatic N) is 5. The van der Waals surface area contributed by atoms with Gasteiger partial charge in [-0.25, -0.2) is 4.79 Å². The van der Waals surface area contributed by atoms with Gasteiger partial charge in [0.1, 0.15) is 10.0 Å². The van der Waals surface area contributed by atoms with Crippen LogP contribution in [0.5, 0.6) is 0 Å². The fourth-order valence-corrected chi connectivity index (χ4v) is 3.49. The van der Waals surface area contributed by atoms with E-state index >= 15 is 0 Å². The van der Waals surface area contributed by atoms with Crippen LogP contribution in [0.25, 0.3) is 0 Å². The fraction of sp³-hybridized carbons (Fsp3) is 0.625. The second-order valence-electron chi connectivity index (χ2n) is 6.33. The Morgan fingerprint density at radius 1 is 1.33 bits per heavy atom. The largest absolute Gasteiger partial charge is 0.338 e. The van der Waals surface area contributed by atoms with E-state index in [0.717, 1.165) is 46.2 Å². The summed E-state index contributed by atoms with van der Waals surface area (Å²) in [4.78, 5) is 14.6. The van der Waals surface area contributed by atoms with Crippen molar-refractivity contribution in [3.63, 3.8) is 0 Å². The van der Waals surface area contributed by atoms with Crippen molar-refractivity contribution in [3.8, 4) is 0 Å². The maximum atomic E-state index is 12.6. The molecule has 0 aromatic carbocycles. The standard InChI is InChI=1S/C16H24N6OS/c1-10-14(11(2)21(4)20-10)9-22(13-5-6-13)16(23)17-8-7-15-19-18-12(3)24-15/h13H,5-9H2,1-4H3,(H,17,23). The van der Waals surface area contributed by atoms with Gasteiger partial charge >= 0.3 is 6.03 Å². The first-order chi connectivity index (χ1) is 11.5. The van der Waals surface area contributed by atoms with Crippen LogP contribution in [0, 0.1) is 20.8 Å². The third-order valence-corrected chi connectivity index (χ3v) is 5.32. The number of amides is 2. The van der Waals surface area contributed by atoms with Crippen LogP contribution >= 0.6 is 11.3 Å². The smallest absolute Gasteiger partial charge is 0.317 e. The molecule has 3 rings (SSSR count). The molecule has 0 atom stereocenters. The van der Waals surface area contributed by atoms with Crippen molar-refractivity contribution >= 4 is 17.4 Å². The van der Waals surface area contributed by atoms with Crippen LogP contribution in [-0.4, -0.2) is 43.5 Å². The Labute approximate surface area is 146 Å². The maximum Gasteiger partial charge on any atom is 0.317 e. The van der Waals surface area contributed by atoms with E-state index in [1.54, 1.807) is 11.3 Å². The van der Waals surface area contributed by atoms with Crippen molar-refractivity contribution in [2.24, 2.45) is 7.05 Å². The quantitative estimate of drug-likeness (QED) is 0.867. The van der Waals surface area contributed by atoms with E-state index in [9.17, 15) is 4.79 Å². The van der Waals surface area contributed by atoms with E-state index in [0.29, 0.717) is 19.1 Å². The van der Waals surface area contributed by atoms with Gasteiger partial charge in [0, 0.05) is 37.3 Å². The highest BCUT2D eigenvalue weighted by molar-refractivity contribution is 7.11. The van der Waals surface area contributed by atoms with E-state index in [-0.39, 0.29) is 6.03 Å². The third-order valence-electron chi connectivity index (χ3n) is 4.42. The van der Waals surface area contributed by atoms with Crippen molar-refractivity contribution in [1.82, 2.24) is 30.2 Å². The lowest BCUT2D eigenvalue weighted by Gasteiger charge is -2.23. The van der Waals surface area contributed by atoms with Crippen LogP contribution in [0.2, 0.25) is 0 Å². The summed E-state index contributed by atoms with van der Waals surface area (Å²) in [7, 11) is 1.94. The summed E-state index contributed by atoms with van der Waals surface area (Å²) in [6, 6.07) is 0.356. The highest BCUT2D eigenvalue weighted by Crippen LogP contribution is 2.29. The number of rotatable bonds is 6. The molecular weight excluding hydrogens is 324 g/mol. The molecule has 1 aliphatic carbocycles. The number of hydrogen-bond donors (Lipinski definition) is 1. The minimum atomic E-state index is 0.00129. The van der Waals surface area contributed by atoms with Crippen LogP contribution < -0.4 is 5.32 Å². The normalized spacial score (nSPS) is 14.0. The van der Waals surface area contributed by atoms with Crippen molar-refractivity contribution < 1.29 is 4.79 Å². The molecule has 0 aliphatic heterocycles. The first-order valence-corrected chi connectivity index (χ1v) is 9.10. The maximum absolute atomic E-state index is 12.6. The molecule has 1 saturated carbocycles. The molecule has 1 fully saturated rings. The predicted octanol–water partition coefficient (Wildman–Crippen LogP) is 2.11. The number of nitrogens with one attached hydrogen (secondary N) is 1. The Bertz CT molecular complexity index is 733. The van der Waals surface area contributed by atoms with Gasteiger partial charge in [0.25, 0.3) is 0 Å². The highest BCUT2D eigenvalue weighted by atomic mass is 32.1. The van der Waals surface area contributed by atoms with Crippen LogP contribution in [0.1, 0.15) is 39.8 Å². The number of hydrogen-bond acceptors (Lipinski definition) is 5. The molecule has 2 heterocycles. The summed E-state index contributed by atoms with van der Waals surface area (Å²) in [6.07, 6.45) is 2.89. The van der Waals surface area contributed by atoms with Gasteiger partial charge in [-0.15, -0.1) is 21.5 Å². The Balaban J connectivity index is 1.59. The van der Waals surface area contributed by atoms with Gasteiger partial charge in [-0.2, -0.15) is 5.10 Å². The second kappa shape index (κ2) is 6.88. The van der Waals surface area contributed by atoms with Crippen LogP contribution in [-0.2, 0) is 20.0 Å². The molecule has 1 N–H and O–H groups in total. The van der Waals surface area contributed by atoms with Crippen molar-refractivity contribution in [2.45, 2.75) is 52.6 Å². The summed E-state index contributed by atoms with van der Waals surface area (Å²) >= 11 is 1.58. The van der Waals surface area contributed by atoms with Crippen LogP contribution in [0.4, 0.5) is 4.79 Å². The van der Waals surface area contributed by atoms with Crippen molar-refractivity contribution in [2.75, 3.05) is 6.54 Å². The minimum Gasteiger partial charge on any atom is -0.338 e. The third kappa shape index (κ3) is 3.75. The summed E-state index contributed by atoms with van der Waals surface area (Å²) in [5.41, 5.74) is 3.27. The van der Waals surface area contributed by atoms with E-state index < -0.39 is 0 Å². The Kier molecular flexibility index (Phi) is 4.84. The summed E-state index contributed by atoms with van der Waals surface area (Å²) in [5, 5.41) is 17.5. The van der Waals surface area contributed by atoms with Crippen molar-refractivity contribution in [3.05, 3.63) is 27.0 Å². The molecule has 0 saturated heterocycles. The topological polar surface area (TPSA) is 75.9 Å². The molecule has 0 spiro atoms. The van der Waals surface area contributed by atoms with Gasteiger partial charge in [-0.3, -0.25) is 4.68 Å². The SMILES string of the molecule is Cc1nnc(CCNC(=O)N(Cc2c(C)nn(C)c2C)C2CC2)s1. The molecule has 2 amide bonds.